The highest BCUT2D eigenvalue weighted by molar-refractivity contribution is 6.21. The molecule has 210 valence electrons. The predicted molar refractivity (Wildman–Crippen MR) is 151 cm³/mol. The summed E-state index contributed by atoms with van der Waals surface area (Å²) in [6.45, 7) is 0. The number of nitrogens with two attached hydrogens (primary N) is 3. The third-order valence-electron chi connectivity index (χ3n) is 6.36. The van der Waals surface area contributed by atoms with Crippen molar-refractivity contribution in [3.63, 3.8) is 0 Å². The van der Waals surface area contributed by atoms with Crippen molar-refractivity contribution in [1.82, 2.24) is 16.3 Å². The fourth-order valence-electron chi connectivity index (χ4n) is 4.36. The Hall–Kier alpha value is -5.82. The molecule has 0 saturated heterocycles. The standard InChI is InChI=1S/C30H24N6O6/c31-34-28(40)22-10-4-1-7-19(22)25(37)16-13-17(26(38)20-8-2-5-11-23(20)29(41)35-32)15-18(14-16)27(39)21-9-3-6-12-24(21)30(42)36-33/h1-15H,31-33H2,(H,34,40)(H,35,41)(H,36,42). The molecule has 12 heteroatoms. The van der Waals surface area contributed by atoms with Crippen LogP contribution in [0.5, 0.6) is 0 Å². The number of hydrogen-bond acceptors (Lipinski definition) is 9. The van der Waals surface area contributed by atoms with Gasteiger partial charge in [-0.3, -0.25) is 45.0 Å². The van der Waals surface area contributed by atoms with Gasteiger partial charge in [-0.2, -0.15) is 0 Å². The molecule has 0 heterocycles. The van der Waals surface area contributed by atoms with E-state index in [-0.39, 0.29) is 50.1 Å². The highest BCUT2D eigenvalue weighted by atomic mass is 16.2. The van der Waals surface area contributed by atoms with E-state index < -0.39 is 35.1 Å². The van der Waals surface area contributed by atoms with E-state index in [0.717, 1.165) is 0 Å². The van der Waals surface area contributed by atoms with Crippen molar-refractivity contribution in [3.05, 3.63) is 141 Å². The fourth-order valence-corrected chi connectivity index (χ4v) is 4.36. The summed E-state index contributed by atoms with van der Waals surface area (Å²) in [5, 5.41) is 0. The summed E-state index contributed by atoms with van der Waals surface area (Å²) in [5.41, 5.74) is 5.32. The molecular weight excluding hydrogens is 540 g/mol. The molecule has 0 atom stereocenters. The second-order valence-corrected chi connectivity index (χ2v) is 8.84. The summed E-state index contributed by atoms with van der Waals surface area (Å²) in [6.07, 6.45) is 0. The van der Waals surface area contributed by atoms with Gasteiger partial charge in [0.05, 0.1) is 16.7 Å². The van der Waals surface area contributed by atoms with Crippen molar-refractivity contribution in [2.75, 3.05) is 0 Å². The van der Waals surface area contributed by atoms with E-state index in [1.165, 1.54) is 91.0 Å². The molecule has 0 radical (unpaired) electrons. The predicted octanol–water partition coefficient (Wildman–Crippen LogP) is 1.19. The smallest absolute Gasteiger partial charge is 0.265 e. The van der Waals surface area contributed by atoms with Crippen LogP contribution in [-0.4, -0.2) is 35.1 Å². The number of nitrogen functional groups attached to an aromatic ring is 3. The van der Waals surface area contributed by atoms with Gasteiger partial charge >= 0.3 is 0 Å². The average Bonchev–Trinajstić information content (AvgIpc) is 3.05. The van der Waals surface area contributed by atoms with Crippen LogP contribution in [0.4, 0.5) is 0 Å². The first-order valence-electron chi connectivity index (χ1n) is 12.3. The van der Waals surface area contributed by atoms with Crippen LogP contribution in [0.25, 0.3) is 0 Å². The van der Waals surface area contributed by atoms with Gasteiger partial charge in [0, 0.05) is 33.4 Å². The number of benzene rings is 4. The topological polar surface area (TPSA) is 217 Å². The molecule has 0 bridgehead atoms. The minimum Gasteiger partial charge on any atom is -0.290 e. The van der Waals surface area contributed by atoms with Gasteiger partial charge in [0.25, 0.3) is 17.7 Å². The van der Waals surface area contributed by atoms with Gasteiger partial charge in [-0.25, -0.2) is 17.5 Å². The highest BCUT2D eigenvalue weighted by Crippen LogP contribution is 2.24. The van der Waals surface area contributed by atoms with E-state index in [1.807, 2.05) is 16.3 Å². The normalized spacial score (nSPS) is 10.4. The quantitative estimate of drug-likeness (QED) is 0.0743. The Morgan fingerprint density at radius 1 is 0.381 bits per heavy atom. The van der Waals surface area contributed by atoms with Crippen molar-refractivity contribution < 1.29 is 28.8 Å². The third-order valence-corrected chi connectivity index (χ3v) is 6.36. The number of amides is 3. The molecule has 4 rings (SSSR count). The van der Waals surface area contributed by atoms with Gasteiger partial charge in [-0.1, -0.05) is 54.6 Å². The van der Waals surface area contributed by atoms with Crippen molar-refractivity contribution in [2.45, 2.75) is 0 Å². The highest BCUT2D eigenvalue weighted by Gasteiger charge is 2.25. The van der Waals surface area contributed by atoms with Crippen molar-refractivity contribution in [3.8, 4) is 0 Å². The maximum absolute atomic E-state index is 13.7. The van der Waals surface area contributed by atoms with Gasteiger partial charge in [0.1, 0.15) is 0 Å². The molecule has 0 aliphatic rings. The summed E-state index contributed by atoms with van der Waals surface area (Å²) in [5.74, 6) is 11.6. The van der Waals surface area contributed by atoms with Gasteiger partial charge in [-0.05, 0) is 36.4 Å². The number of hydrazine groups is 3. The van der Waals surface area contributed by atoms with E-state index in [0.29, 0.717) is 0 Å². The van der Waals surface area contributed by atoms with Crippen LogP contribution in [0.15, 0.2) is 91.0 Å². The lowest BCUT2D eigenvalue weighted by molar-refractivity contribution is 0.0939. The van der Waals surface area contributed by atoms with Gasteiger partial charge in [0.2, 0.25) is 0 Å². The Kier molecular flexibility index (Phi) is 8.73. The first-order chi connectivity index (χ1) is 20.2. The molecule has 0 spiro atoms. The average molecular weight is 565 g/mol. The SMILES string of the molecule is NNC(=O)c1ccccc1C(=O)c1cc(C(=O)c2ccccc2C(=O)NN)cc(C(=O)c2ccccc2C(=O)NN)c1. The van der Waals surface area contributed by atoms with E-state index in [4.69, 9.17) is 17.5 Å². The van der Waals surface area contributed by atoms with Crippen LogP contribution in [0, 0.1) is 0 Å². The summed E-state index contributed by atoms with van der Waals surface area (Å²) in [4.78, 5) is 78.3. The molecule has 42 heavy (non-hydrogen) atoms. The maximum atomic E-state index is 13.7. The molecule has 0 aliphatic carbocycles. The molecule has 0 fully saturated rings. The fraction of sp³-hybridized carbons (Fsp3) is 0. The number of carbonyl (C=O) groups excluding carboxylic acids is 6. The van der Waals surface area contributed by atoms with Crippen LogP contribution in [0.3, 0.4) is 0 Å². The zero-order chi connectivity index (χ0) is 30.4. The number of ketones is 3. The molecule has 0 saturated carbocycles. The molecule has 12 nitrogen and oxygen atoms in total. The van der Waals surface area contributed by atoms with Crippen molar-refractivity contribution >= 4 is 35.1 Å². The zero-order valence-electron chi connectivity index (χ0n) is 21.8. The molecule has 4 aromatic carbocycles. The van der Waals surface area contributed by atoms with E-state index >= 15 is 0 Å². The number of hydrogen-bond donors (Lipinski definition) is 6. The van der Waals surface area contributed by atoms with E-state index in [9.17, 15) is 28.8 Å². The Bertz CT molecular complexity index is 1550. The molecular formula is C30H24N6O6. The number of carbonyl (C=O) groups is 6. The van der Waals surface area contributed by atoms with Crippen LogP contribution in [0.2, 0.25) is 0 Å². The lowest BCUT2D eigenvalue weighted by atomic mass is 9.89. The lowest BCUT2D eigenvalue weighted by Gasteiger charge is -2.13. The van der Waals surface area contributed by atoms with Gasteiger partial charge in [-0.15, -0.1) is 0 Å². The lowest BCUT2D eigenvalue weighted by Crippen LogP contribution is -2.31. The molecule has 0 aliphatic heterocycles. The van der Waals surface area contributed by atoms with Crippen LogP contribution in [0.1, 0.15) is 78.8 Å². The monoisotopic (exact) mass is 564 g/mol. The van der Waals surface area contributed by atoms with Crippen LogP contribution >= 0.6 is 0 Å². The minimum atomic E-state index is -0.731. The molecule has 0 unspecified atom stereocenters. The first kappa shape index (κ1) is 29.2. The molecule has 0 aromatic heterocycles. The van der Waals surface area contributed by atoms with E-state index in [1.54, 1.807) is 0 Å². The Labute approximate surface area is 238 Å². The van der Waals surface area contributed by atoms with Gasteiger partial charge in [0.15, 0.2) is 17.3 Å². The maximum Gasteiger partial charge on any atom is 0.265 e. The largest absolute Gasteiger partial charge is 0.290 e. The van der Waals surface area contributed by atoms with Crippen LogP contribution in [-0.2, 0) is 0 Å². The third kappa shape index (κ3) is 5.71. The molecule has 3 amide bonds. The number of nitrogens with one attached hydrogen (secondary N) is 3. The Morgan fingerprint density at radius 2 is 0.595 bits per heavy atom. The Morgan fingerprint density at radius 3 is 0.810 bits per heavy atom. The van der Waals surface area contributed by atoms with E-state index in [2.05, 4.69) is 0 Å². The summed E-state index contributed by atoms with van der Waals surface area (Å²) in [6, 6.07) is 21.3. The summed E-state index contributed by atoms with van der Waals surface area (Å²) in [7, 11) is 0. The zero-order valence-corrected chi connectivity index (χ0v) is 21.8. The summed E-state index contributed by atoms with van der Waals surface area (Å²) >= 11 is 0. The van der Waals surface area contributed by atoms with Crippen LogP contribution < -0.4 is 33.8 Å². The molecule has 9 N–H and O–H groups in total. The molecule has 4 aromatic rings. The number of rotatable bonds is 9. The van der Waals surface area contributed by atoms with Crippen molar-refractivity contribution in [1.29, 1.82) is 0 Å². The second kappa shape index (κ2) is 12.6. The minimum absolute atomic E-state index is 0.0375. The first-order valence-corrected chi connectivity index (χ1v) is 12.3. The second-order valence-electron chi connectivity index (χ2n) is 8.84. The van der Waals surface area contributed by atoms with Crippen molar-refractivity contribution in [2.24, 2.45) is 17.5 Å². The Balaban J connectivity index is 1.94. The summed E-state index contributed by atoms with van der Waals surface area (Å²) < 4.78 is 0. The van der Waals surface area contributed by atoms with Gasteiger partial charge < -0.3 is 0 Å².